The van der Waals surface area contributed by atoms with Gasteiger partial charge in [0.25, 0.3) is 0 Å². The molecule has 0 nitrogen and oxygen atoms in total. The molecule has 1 aliphatic carbocycles. The number of allylic oxidation sites excluding steroid dienone is 4. The van der Waals surface area contributed by atoms with E-state index in [1.165, 1.54) is 0 Å². The van der Waals surface area contributed by atoms with Crippen LogP contribution < -0.4 is 0 Å². The maximum atomic E-state index is 15.4. The quantitative estimate of drug-likeness (QED) is 0.311. The Morgan fingerprint density at radius 1 is 0.724 bits per heavy atom. The molecular formula is C27H27FSi. The predicted molar refractivity (Wildman–Crippen MR) is 123 cm³/mol. The topological polar surface area (TPSA) is 0 Å². The molecule has 3 aromatic carbocycles. The van der Waals surface area contributed by atoms with Gasteiger partial charge in [-0.1, -0.05) is 117 Å². The van der Waals surface area contributed by atoms with Crippen LogP contribution in [0.25, 0.3) is 0 Å². The molecule has 1 unspecified atom stereocenters. The minimum Gasteiger partial charge on any atom is -0.207 e. The summed E-state index contributed by atoms with van der Waals surface area (Å²) in [6.45, 7) is 7.16. The van der Waals surface area contributed by atoms with Crippen molar-refractivity contribution in [3.8, 4) is 0 Å². The lowest BCUT2D eigenvalue weighted by Crippen LogP contribution is -2.32. The minimum absolute atomic E-state index is 0.175. The van der Waals surface area contributed by atoms with Gasteiger partial charge >= 0.3 is 0 Å². The fourth-order valence-corrected chi connectivity index (χ4v) is 5.76. The van der Waals surface area contributed by atoms with Crippen molar-refractivity contribution in [2.24, 2.45) is 0 Å². The fraction of sp³-hybridized carbons (Fsp3) is 0.185. The van der Waals surface area contributed by atoms with Crippen LogP contribution in [0.1, 0.15) is 16.7 Å². The Bertz CT molecular complexity index is 1000. The van der Waals surface area contributed by atoms with Crippen LogP contribution in [0.5, 0.6) is 0 Å². The van der Waals surface area contributed by atoms with Crippen molar-refractivity contribution in [2.75, 3.05) is 0 Å². The Balaban J connectivity index is 2.09. The second-order valence-electron chi connectivity index (χ2n) is 8.83. The molecule has 0 N–H and O–H groups in total. The van der Waals surface area contributed by atoms with E-state index in [1.807, 2.05) is 48.5 Å². The second-order valence-corrected chi connectivity index (χ2v) is 14.2. The average molecular weight is 399 g/mol. The Labute approximate surface area is 174 Å². The van der Waals surface area contributed by atoms with E-state index >= 15 is 4.39 Å². The van der Waals surface area contributed by atoms with Crippen molar-refractivity contribution in [1.29, 1.82) is 0 Å². The summed E-state index contributed by atoms with van der Waals surface area (Å²) >= 11 is 0. The van der Waals surface area contributed by atoms with Crippen LogP contribution >= 0.6 is 0 Å². The molecule has 3 aromatic rings. The maximum absolute atomic E-state index is 15.4. The molecule has 1 aliphatic rings. The van der Waals surface area contributed by atoms with E-state index in [4.69, 9.17) is 0 Å². The summed E-state index contributed by atoms with van der Waals surface area (Å²) in [7, 11) is -1.42. The van der Waals surface area contributed by atoms with Gasteiger partial charge in [-0.25, -0.2) is 4.39 Å². The first kappa shape index (κ1) is 19.6. The summed E-state index contributed by atoms with van der Waals surface area (Å²) < 4.78 is 15.4. The van der Waals surface area contributed by atoms with Crippen LogP contribution in [0.2, 0.25) is 25.2 Å². The lowest BCUT2D eigenvalue weighted by molar-refractivity contribution is 0.580. The number of hydrogen-bond acceptors (Lipinski definition) is 0. The van der Waals surface area contributed by atoms with Crippen molar-refractivity contribution in [3.63, 3.8) is 0 Å². The van der Waals surface area contributed by atoms with Gasteiger partial charge in [0.1, 0.15) is 5.82 Å². The highest BCUT2D eigenvalue weighted by atomic mass is 28.3. The molecule has 0 aromatic heterocycles. The van der Waals surface area contributed by atoms with E-state index in [9.17, 15) is 0 Å². The summed E-state index contributed by atoms with van der Waals surface area (Å²) in [6, 6.07) is 27.9. The highest BCUT2D eigenvalue weighted by Crippen LogP contribution is 2.50. The van der Waals surface area contributed by atoms with Crippen LogP contribution in [0, 0.1) is 5.82 Å². The highest BCUT2D eigenvalue weighted by Gasteiger charge is 2.43. The van der Waals surface area contributed by atoms with Crippen LogP contribution in [-0.4, -0.2) is 8.07 Å². The Morgan fingerprint density at radius 2 is 1.24 bits per heavy atom. The first-order chi connectivity index (χ1) is 13.9. The molecule has 29 heavy (non-hydrogen) atoms. The largest absolute Gasteiger partial charge is 0.207 e. The summed E-state index contributed by atoms with van der Waals surface area (Å²) in [6.07, 6.45) is 6.94. The third-order valence-electron chi connectivity index (χ3n) is 5.97. The highest BCUT2D eigenvalue weighted by molar-refractivity contribution is 6.78. The maximum Gasteiger partial charge on any atom is 0.127 e. The number of benzene rings is 3. The van der Waals surface area contributed by atoms with E-state index in [0.29, 0.717) is 11.1 Å². The van der Waals surface area contributed by atoms with Crippen molar-refractivity contribution in [2.45, 2.75) is 30.6 Å². The minimum atomic E-state index is -1.42. The zero-order valence-electron chi connectivity index (χ0n) is 17.3. The first-order valence-corrected chi connectivity index (χ1v) is 13.8. The van der Waals surface area contributed by atoms with Crippen LogP contribution in [0.3, 0.4) is 0 Å². The van der Waals surface area contributed by atoms with E-state index < -0.39 is 13.5 Å². The van der Waals surface area contributed by atoms with Crippen LogP contribution in [0.15, 0.2) is 109 Å². The zero-order valence-corrected chi connectivity index (χ0v) is 18.3. The summed E-state index contributed by atoms with van der Waals surface area (Å²) in [5.41, 5.74) is 3.79. The van der Waals surface area contributed by atoms with Gasteiger partial charge < -0.3 is 0 Å². The van der Waals surface area contributed by atoms with Crippen LogP contribution in [-0.2, 0) is 5.41 Å². The molecule has 1 atom stereocenters. The normalized spacial score (nSPS) is 16.7. The molecule has 0 spiro atoms. The van der Waals surface area contributed by atoms with E-state index in [0.717, 1.165) is 16.7 Å². The summed E-state index contributed by atoms with van der Waals surface area (Å²) in [5, 5.41) is 0. The molecule has 146 valence electrons. The average Bonchev–Trinajstić information content (AvgIpc) is 3.23. The molecular weight excluding hydrogens is 371 g/mol. The molecule has 2 heteroatoms. The zero-order chi connectivity index (χ0) is 20.5. The van der Waals surface area contributed by atoms with Gasteiger partial charge in [0.05, 0.1) is 13.5 Å². The predicted octanol–water partition coefficient (Wildman–Crippen LogP) is 7.36. The van der Waals surface area contributed by atoms with Crippen molar-refractivity contribution < 1.29 is 4.39 Å². The van der Waals surface area contributed by atoms with Gasteiger partial charge in [-0.2, -0.15) is 0 Å². The number of halogens is 1. The summed E-state index contributed by atoms with van der Waals surface area (Å²) in [5.74, 6) is -0.175. The van der Waals surface area contributed by atoms with Gasteiger partial charge in [-0.3, -0.25) is 0 Å². The lowest BCUT2D eigenvalue weighted by atomic mass is 9.64. The standard InChI is InChI=1S/C27H27FSi/c1-29(2,3)24-19-18-23(20-24)27(21-12-6-4-7-13-21,22-14-8-5-9-15-22)25-16-10-11-17-26(25)28/h4-20,24H,1-3H3. The molecule has 0 fully saturated rings. The van der Waals surface area contributed by atoms with Gasteiger partial charge in [0.2, 0.25) is 0 Å². The van der Waals surface area contributed by atoms with Gasteiger partial charge in [-0.15, -0.1) is 0 Å². The molecule has 4 rings (SSSR count). The SMILES string of the molecule is C[Si](C)(C)C1C=CC(C(c2ccccc2)(c2ccccc2)c2ccccc2F)=C1. The molecule has 0 radical (unpaired) electrons. The number of rotatable bonds is 5. The molecule has 0 heterocycles. The third kappa shape index (κ3) is 3.42. The second kappa shape index (κ2) is 7.60. The van der Waals surface area contributed by atoms with Gasteiger partial charge in [0.15, 0.2) is 0 Å². The van der Waals surface area contributed by atoms with Crippen molar-refractivity contribution >= 4 is 8.07 Å². The Hall–Kier alpha value is -2.71. The van der Waals surface area contributed by atoms with E-state index in [-0.39, 0.29) is 5.82 Å². The fourth-order valence-electron chi connectivity index (χ4n) is 4.41. The molecule has 0 bridgehead atoms. The molecule has 0 aliphatic heterocycles. The lowest BCUT2D eigenvalue weighted by Gasteiger charge is -2.37. The Morgan fingerprint density at radius 3 is 1.72 bits per heavy atom. The van der Waals surface area contributed by atoms with Gasteiger partial charge in [0, 0.05) is 5.56 Å². The molecule has 0 saturated carbocycles. The Kier molecular flexibility index (Phi) is 5.14. The van der Waals surface area contributed by atoms with Crippen LogP contribution in [0.4, 0.5) is 4.39 Å². The van der Waals surface area contributed by atoms with Gasteiger partial charge in [-0.05, 0) is 28.3 Å². The van der Waals surface area contributed by atoms with Crippen molar-refractivity contribution in [1.82, 2.24) is 0 Å². The molecule has 0 amide bonds. The van der Waals surface area contributed by atoms with Crippen molar-refractivity contribution in [3.05, 3.63) is 131 Å². The molecule has 0 saturated heterocycles. The van der Waals surface area contributed by atoms with E-state index in [1.54, 1.807) is 12.1 Å². The monoisotopic (exact) mass is 398 g/mol. The summed E-state index contributed by atoms with van der Waals surface area (Å²) in [4.78, 5) is 0. The smallest absolute Gasteiger partial charge is 0.127 e. The number of hydrogen-bond donors (Lipinski definition) is 0. The first-order valence-electron chi connectivity index (χ1n) is 10.2. The third-order valence-corrected chi connectivity index (χ3v) is 8.33. The van der Waals surface area contributed by atoms with E-state index in [2.05, 4.69) is 62.1 Å².